The standard InChI is InChI=1S/C21H24N4O5/c1-12-23-18-15(19(24-12)27-10-13-7-5-4-6-8-13)22-11-25(18)20-17-16(14(9-26)28-20)29-21(2,3)30-17/h4-8,11,14,16-17,20,26H,9-10H2,1-3H3/t14-,16?,17?,20?/m1/s1. The number of rotatable bonds is 5. The number of hydrogen-bond acceptors (Lipinski definition) is 8. The van der Waals surface area contributed by atoms with Crippen LogP contribution in [0, 0.1) is 6.92 Å². The van der Waals surface area contributed by atoms with E-state index in [9.17, 15) is 5.11 Å². The third kappa shape index (κ3) is 3.33. The molecule has 3 unspecified atom stereocenters. The number of imidazole rings is 1. The molecule has 30 heavy (non-hydrogen) atoms. The molecule has 4 heterocycles. The number of nitrogens with zero attached hydrogens (tertiary/aromatic N) is 4. The Kier molecular flexibility index (Phi) is 4.70. The Balaban J connectivity index is 1.48. The van der Waals surface area contributed by atoms with Gasteiger partial charge in [0.2, 0.25) is 5.88 Å². The van der Waals surface area contributed by atoms with Crippen molar-refractivity contribution in [1.29, 1.82) is 0 Å². The van der Waals surface area contributed by atoms with Crippen molar-refractivity contribution in [3.8, 4) is 5.88 Å². The molecule has 9 nitrogen and oxygen atoms in total. The van der Waals surface area contributed by atoms with Crippen LogP contribution in [0.2, 0.25) is 0 Å². The van der Waals surface area contributed by atoms with Crippen molar-refractivity contribution in [2.24, 2.45) is 0 Å². The molecule has 3 aromatic rings. The third-order valence-corrected chi connectivity index (χ3v) is 5.30. The largest absolute Gasteiger partial charge is 0.471 e. The second-order valence-electron chi connectivity index (χ2n) is 7.99. The van der Waals surface area contributed by atoms with Crippen molar-refractivity contribution in [1.82, 2.24) is 19.5 Å². The topological polar surface area (TPSA) is 101 Å². The smallest absolute Gasteiger partial charge is 0.246 e. The Morgan fingerprint density at radius 2 is 1.90 bits per heavy atom. The van der Waals surface area contributed by atoms with E-state index in [1.165, 1.54) is 0 Å². The van der Waals surface area contributed by atoms with Crippen molar-refractivity contribution in [3.63, 3.8) is 0 Å². The van der Waals surface area contributed by atoms with Gasteiger partial charge in [-0.2, -0.15) is 4.98 Å². The summed E-state index contributed by atoms with van der Waals surface area (Å²) in [4.78, 5) is 13.5. The molecule has 0 aliphatic carbocycles. The van der Waals surface area contributed by atoms with E-state index in [1.54, 1.807) is 17.8 Å². The molecule has 2 aliphatic rings. The molecule has 2 aliphatic heterocycles. The number of aromatic nitrogens is 4. The maximum atomic E-state index is 9.75. The summed E-state index contributed by atoms with van der Waals surface area (Å²) in [5.74, 6) is 0.220. The Morgan fingerprint density at radius 1 is 1.13 bits per heavy atom. The van der Waals surface area contributed by atoms with Crippen LogP contribution in [0.25, 0.3) is 11.2 Å². The van der Waals surface area contributed by atoms with Crippen LogP contribution in [-0.2, 0) is 20.8 Å². The van der Waals surface area contributed by atoms with Crippen LogP contribution in [0.15, 0.2) is 36.7 Å². The fourth-order valence-electron chi connectivity index (χ4n) is 4.04. The van der Waals surface area contributed by atoms with Gasteiger partial charge in [0, 0.05) is 0 Å². The number of ether oxygens (including phenoxy) is 4. The van der Waals surface area contributed by atoms with Gasteiger partial charge in [-0.25, -0.2) is 9.97 Å². The highest BCUT2D eigenvalue weighted by molar-refractivity contribution is 5.76. The molecule has 158 valence electrons. The van der Waals surface area contributed by atoms with Gasteiger partial charge in [0.25, 0.3) is 0 Å². The molecule has 1 N–H and O–H groups in total. The van der Waals surface area contributed by atoms with Gasteiger partial charge in [0.1, 0.15) is 30.7 Å². The second kappa shape index (κ2) is 7.28. The maximum Gasteiger partial charge on any atom is 0.246 e. The molecule has 0 bridgehead atoms. The summed E-state index contributed by atoms with van der Waals surface area (Å²) in [6, 6.07) is 9.87. The fourth-order valence-corrected chi connectivity index (χ4v) is 4.04. The lowest BCUT2D eigenvalue weighted by atomic mass is 10.1. The molecule has 2 fully saturated rings. The average Bonchev–Trinajstić information content (AvgIpc) is 3.37. The SMILES string of the molecule is Cc1nc(OCc2ccccc2)c2ncn(C3O[C@H](CO)C4OC(C)(C)OC43)c2n1. The minimum Gasteiger partial charge on any atom is -0.471 e. The number of fused-ring (bicyclic) bond motifs is 2. The summed E-state index contributed by atoms with van der Waals surface area (Å²) >= 11 is 0. The Hall–Kier alpha value is -2.59. The number of aliphatic hydroxyl groups excluding tert-OH is 1. The predicted octanol–water partition coefficient (Wildman–Crippen LogP) is 2.12. The third-order valence-electron chi connectivity index (χ3n) is 5.30. The predicted molar refractivity (Wildman–Crippen MR) is 106 cm³/mol. The molecule has 4 atom stereocenters. The molecule has 0 radical (unpaired) electrons. The first kappa shape index (κ1) is 19.4. The quantitative estimate of drug-likeness (QED) is 0.680. The minimum atomic E-state index is -0.754. The highest BCUT2D eigenvalue weighted by atomic mass is 16.8. The van der Waals surface area contributed by atoms with E-state index in [2.05, 4.69) is 15.0 Å². The normalized spacial score (nSPS) is 27.5. The number of benzene rings is 1. The monoisotopic (exact) mass is 412 g/mol. The van der Waals surface area contributed by atoms with Crippen molar-refractivity contribution < 1.29 is 24.1 Å². The molecule has 9 heteroatoms. The summed E-state index contributed by atoms with van der Waals surface area (Å²) in [5.41, 5.74) is 2.16. The molecule has 0 amide bonds. The number of hydrogen-bond donors (Lipinski definition) is 1. The van der Waals surface area contributed by atoms with Crippen LogP contribution in [0.5, 0.6) is 5.88 Å². The Morgan fingerprint density at radius 3 is 2.67 bits per heavy atom. The average molecular weight is 412 g/mol. The van der Waals surface area contributed by atoms with E-state index in [-0.39, 0.29) is 12.7 Å². The van der Waals surface area contributed by atoms with Crippen LogP contribution in [0.1, 0.15) is 31.5 Å². The molecule has 1 aromatic carbocycles. The number of aliphatic hydroxyl groups is 1. The molecular formula is C21H24N4O5. The first-order valence-electron chi connectivity index (χ1n) is 9.95. The van der Waals surface area contributed by atoms with E-state index < -0.39 is 24.2 Å². The van der Waals surface area contributed by atoms with Crippen molar-refractivity contribution in [3.05, 3.63) is 48.0 Å². The van der Waals surface area contributed by atoms with Crippen LogP contribution in [0.3, 0.4) is 0 Å². The van der Waals surface area contributed by atoms with Crippen LogP contribution in [-0.4, -0.2) is 55.3 Å². The molecule has 0 saturated carbocycles. The summed E-state index contributed by atoms with van der Waals surface area (Å²) in [6.07, 6.45) is -0.140. The zero-order valence-electron chi connectivity index (χ0n) is 17.1. The zero-order valence-corrected chi connectivity index (χ0v) is 17.1. The first-order chi connectivity index (χ1) is 14.4. The van der Waals surface area contributed by atoms with Crippen LogP contribution in [0.4, 0.5) is 0 Å². The highest BCUT2D eigenvalue weighted by Gasteiger charge is 2.56. The van der Waals surface area contributed by atoms with Crippen molar-refractivity contribution >= 4 is 11.2 Å². The zero-order chi connectivity index (χ0) is 20.9. The second-order valence-corrected chi connectivity index (χ2v) is 7.99. The Labute approximate surface area is 173 Å². The molecule has 5 rings (SSSR count). The highest BCUT2D eigenvalue weighted by Crippen LogP contribution is 2.43. The van der Waals surface area contributed by atoms with E-state index in [0.29, 0.717) is 29.5 Å². The summed E-state index contributed by atoms with van der Waals surface area (Å²) in [5, 5.41) is 9.75. The van der Waals surface area contributed by atoms with Gasteiger partial charge < -0.3 is 24.1 Å². The molecule has 2 saturated heterocycles. The maximum absolute atomic E-state index is 9.75. The summed E-state index contributed by atoms with van der Waals surface area (Å²) < 4.78 is 25.8. The van der Waals surface area contributed by atoms with Gasteiger partial charge in [-0.3, -0.25) is 4.57 Å². The first-order valence-corrected chi connectivity index (χ1v) is 9.95. The fraction of sp³-hybridized carbons (Fsp3) is 0.476. The lowest BCUT2D eigenvalue weighted by Crippen LogP contribution is -2.31. The van der Waals surface area contributed by atoms with Gasteiger partial charge in [-0.05, 0) is 26.3 Å². The van der Waals surface area contributed by atoms with Gasteiger partial charge in [-0.15, -0.1) is 0 Å². The van der Waals surface area contributed by atoms with Gasteiger partial charge in [0.05, 0.1) is 12.9 Å². The molecule has 2 aromatic heterocycles. The van der Waals surface area contributed by atoms with Crippen LogP contribution >= 0.6 is 0 Å². The minimum absolute atomic E-state index is 0.164. The lowest BCUT2D eigenvalue weighted by Gasteiger charge is -2.24. The summed E-state index contributed by atoms with van der Waals surface area (Å²) in [6.45, 7) is 5.72. The Bertz CT molecular complexity index is 1050. The number of aryl methyl sites for hydroxylation is 1. The molecule has 0 spiro atoms. The van der Waals surface area contributed by atoms with E-state index >= 15 is 0 Å². The van der Waals surface area contributed by atoms with Gasteiger partial charge >= 0.3 is 0 Å². The summed E-state index contributed by atoms with van der Waals surface area (Å²) in [7, 11) is 0. The van der Waals surface area contributed by atoms with Gasteiger partial charge in [-0.1, -0.05) is 30.3 Å². The van der Waals surface area contributed by atoms with E-state index in [0.717, 1.165) is 5.56 Å². The van der Waals surface area contributed by atoms with E-state index in [4.69, 9.17) is 18.9 Å². The molecular weight excluding hydrogens is 388 g/mol. The van der Waals surface area contributed by atoms with Crippen LogP contribution < -0.4 is 4.74 Å². The van der Waals surface area contributed by atoms with Gasteiger partial charge in [0.15, 0.2) is 23.2 Å². The lowest BCUT2D eigenvalue weighted by molar-refractivity contribution is -0.199. The van der Waals surface area contributed by atoms with Crippen molar-refractivity contribution in [2.45, 2.75) is 57.7 Å². The van der Waals surface area contributed by atoms with Crippen molar-refractivity contribution in [2.75, 3.05) is 6.61 Å². The van der Waals surface area contributed by atoms with E-state index in [1.807, 2.05) is 44.2 Å².